The van der Waals surface area contributed by atoms with E-state index >= 15 is 0 Å². The molecule has 8 heteroatoms. The van der Waals surface area contributed by atoms with Crippen molar-refractivity contribution < 1.29 is 19.5 Å². The molecule has 0 aromatic rings. The summed E-state index contributed by atoms with van der Waals surface area (Å²) in [4.78, 5) is 41.2. The van der Waals surface area contributed by atoms with E-state index in [1.807, 2.05) is 6.92 Å². The largest absolute Gasteiger partial charge is 0.395 e. The molecule has 3 saturated heterocycles. The van der Waals surface area contributed by atoms with Crippen molar-refractivity contribution >= 4 is 29.5 Å². The fourth-order valence-electron chi connectivity index (χ4n) is 5.52. The summed E-state index contributed by atoms with van der Waals surface area (Å²) in [7, 11) is 0. The Kier molecular flexibility index (Phi) is 6.83. The zero-order chi connectivity index (χ0) is 21.2. The van der Waals surface area contributed by atoms with E-state index in [1.165, 1.54) is 4.90 Å². The second-order valence-corrected chi connectivity index (χ2v) is 10.7. The van der Waals surface area contributed by atoms with Crippen molar-refractivity contribution in [2.24, 2.45) is 11.8 Å². The lowest BCUT2D eigenvalue weighted by Crippen LogP contribution is -2.54. The first-order valence-corrected chi connectivity index (χ1v) is 11.8. The quantitative estimate of drug-likeness (QED) is 0.458. The highest BCUT2D eigenvalue weighted by molar-refractivity contribution is 8.02. The molecule has 0 aromatic heterocycles. The SMILES string of the molecule is CCCCCNC(=O)C1N(CCO)C(=O)[C@@H]2[C@@H](C(=O)NCCC)[C@@]3(C)CCC12S3. The molecule has 0 aromatic carbocycles. The van der Waals surface area contributed by atoms with Crippen LogP contribution in [-0.4, -0.2) is 69.5 Å². The number of rotatable bonds is 10. The number of carbonyl (C=O) groups excluding carboxylic acids is 3. The number of thioether (sulfide) groups is 1. The maximum atomic E-state index is 13.4. The number of aliphatic hydroxyl groups excluding tert-OH is 1. The van der Waals surface area contributed by atoms with Gasteiger partial charge >= 0.3 is 0 Å². The van der Waals surface area contributed by atoms with Crippen molar-refractivity contribution in [2.75, 3.05) is 26.2 Å². The zero-order valence-corrected chi connectivity index (χ0v) is 18.6. The molecule has 3 aliphatic rings. The Hall–Kier alpha value is -1.28. The van der Waals surface area contributed by atoms with Crippen LogP contribution in [0, 0.1) is 11.8 Å². The van der Waals surface area contributed by atoms with Gasteiger partial charge in [-0.25, -0.2) is 0 Å². The van der Waals surface area contributed by atoms with E-state index in [-0.39, 0.29) is 35.6 Å². The summed E-state index contributed by atoms with van der Waals surface area (Å²) in [6.07, 6.45) is 5.43. The zero-order valence-electron chi connectivity index (χ0n) is 17.8. The van der Waals surface area contributed by atoms with Gasteiger partial charge in [-0.15, -0.1) is 11.8 Å². The van der Waals surface area contributed by atoms with E-state index in [0.29, 0.717) is 13.1 Å². The monoisotopic (exact) mass is 425 g/mol. The maximum Gasteiger partial charge on any atom is 0.244 e. The Morgan fingerprint density at radius 3 is 2.52 bits per heavy atom. The van der Waals surface area contributed by atoms with E-state index in [0.717, 1.165) is 38.5 Å². The third-order valence-corrected chi connectivity index (χ3v) is 8.76. The summed E-state index contributed by atoms with van der Waals surface area (Å²) in [5, 5.41) is 15.6. The minimum Gasteiger partial charge on any atom is -0.395 e. The first-order valence-electron chi connectivity index (χ1n) is 11.0. The van der Waals surface area contributed by atoms with Gasteiger partial charge in [0.05, 0.1) is 23.2 Å². The minimum absolute atomic E-state index is 0.0743. The standard InChI is InChI=1S/C21H35N3O4S/c1-4-6-7-11-23-18(27)16-21-9-8-20(3,29-21)14(17(26)22-10-5-2)15(21)19(28)24(16)12-13-25/h14-16,25H,4-13H2,1-3H3,(H,22,26)(H,23,27)/t14-,15-,16?,20+,21?/m0/s1. The first kappa shape index (κ1) is 22.4. The lowest BCUT2D eigenvalue weighted by molar-refractivity contribution is -0.141. The summed E-state index contributed by atoms with van der Waals surface area (Å²) < 4.78 is -0.908. The number of amides is 3. The summed E-state index contributed by atoms with van der Waals surface area (Å²) in [5.74, 6) is -1.30. The Morgan fingerprint density at radius 2 is 1.86 bits per heavy atom. The number of β-amino-alcohol motifs (C(OH)–C–C–N with tert-alkyl or cyclic N) is 1. The molecule has 3 fully saturated rings. The van der Waals surface area contributed by atoms with Crippen molar-refractivity contribution in [3.8, 4) is 0 Å². The summed E-state index contributed by atoms with van der Waals surface area (Å²) in [6, 6.07) is -0.621. The number of hydrogen-bond acceptors (Lipinski definition) is 5. The average Bonchev–Trinajstić information content (AvgIpc) is 3.25. The number of nitrogens with zero attached hydrogens (tertiary/aromatic N) is 1. The van der Waals surface area contributed by atoms with E-state index in [1.54, 1.807) is 11.8 Å². The van der Waals surface area contributed by atoms with Gasteiger partial charge in [-0.3, -0.25) is 14.4 Å². The molecule has 5 atom stereocenters. The number of aliphatic hydroxyl groups is 1. The van der Waals surface area contributed by atoms with Gasteiger partial charge in [-0.2, -0.15) is 0 Å². The van der Waals surface area contributed by atoms with Crippen LogP contribution in [0.15, 0.2) is 0 Å². The predicted molar refractivity (Wildman–Crippen MR) is 113 cm³/mol. The van der Waals surface area contributed by atoms with E-state index in [9.17, 15) is 19.5 Å². The third kappa shape index (κ3) is 3.67. The van der Waals surface area contributed by atoms with Gasteiger partial charge in [-0.1, -0.05) is 26.7 Å². The topological polar surface area (TPSA) is 98.7 Å². The lowest BCUT2D eigenvalue weighted by atomic mass is 9.66. The minimum atomic E-state index is -0.621. The highest BCUT2D eigenvalue weighted by atomic mass is 32.2. The molecule has 3 rings (SSSR count). The molecular formula is C21H35N3O4S. The van der Waals surface area contributed by atoms with Gasteiger partial charge < -0.3 is 20.6 Å². The highest BCUT2D eigenvalue weighted by Crippen LogP contribution is 2.71. The fraction of sp³-hybridized carbons (Fsp3) is 0.857. The number of nitrogens with one attached hydrogen (secondary N) is 2. The summed E-state index contributed by atoms with van der Waals surface area (Å²) in [6.45, 7) is 7.30. The van der Waals surface area contributed by atoms with Gasteiger partial charge in [0, 0.05) is 24.4 Å². The molecule has 3 N–H and O–H groups in total. The smallest absolute Gasteiger partial charge is 0.244 e. The maximum absolute atomic E-state index is 13.4. The molecule has 0 saturated carbocycles. The van der Waals surface area contributed by atoms with Crippen LogP contribution in [0.1, 0.15) is 59.3 Å². The van der Waals surface area contributed by atoms with Crippen molar-refractivity contribution in [3.05, 3.63) is 0 Å². The van der Waals surface area contributed by atoms with Gasteiger partial charge in [0.25, 0.3) is 0 Å². The summed E-state index contributed by atoms with van der Waals surface area (Å²) >= 11 is 1.67. The molecular weight excluding hydrogens is 390 g/mol. The van der Waals surface area contributed by atoms with Crippen molar-refractivity contribution in [1.29, 1.82) is 0 Å². The van der Waals surface area contributed by atoms with Gasteiger partial charge in [0.2, 0.25) is 17.7 Å². The Labute approximate surface area is 177 Å². The van der Waals surface area contributed by atoms with Crippen molar-refractivity contribution in [1.82, 2.24) is 15.5 Å². The molecule has 0 radical (unpaired) electrons. The number of hydrogen-bond donors (Lipinski definition) is 3. The van der Waals surface area contributed by atoms with E-state index in [2.05, 4.69) is 24.5 Å². The Morgan fingerprint density at radius 1 is 1.14 bits per heavy atom. The molecule has 3 heterocycles. The molecule has 0 aliphatic carbocycles. The Balaban J connectivity index is 1.89. The average molecular weight is 426 g/mol. The van der Waals surface area contributed by atoms with Crippen LogP contribution < -0.4 is 10.6 Å². The molecule has 164 valence electrons. The van der Waals surface area contributed by atoms with E-state index < -0.39 is 22.6 Å². The molecule has 7 nitrogen and oxygen atoms in total. The highest BCUT2D eigenvalue weighted by Gasteiger charge is 2.76. The molecule has 1 spiro atoms. The number of likely N-dealkylation sites (tertiary alicyclic amines) is 1. The first-order chi connectivity index (χ1) is 13.9. The van der Waals surface area contributed by atoms with Crippen LogP contribution >= 0.6 is 11.8 Å². The predicted octanol–water partition coefficient (Wildman–Crippen LogP) is 1.29. The normalized spacial score (nSPS) is 35.1. The number of fused-ring (bicyclic) bond motifs is 1. The fourth-order valence-corrected chi connectivity index (χ4v) is 7.87. The molecule has 2 bridgehead atoms. The lowest BCUT2D eigenvalue weighted by Gasteiger charge is -2.34. The molecule has 2 unspecified atom stereocenters. The Bertz CT molecular complexity index is 660. The van der Waals surface area contributed by atoms with Crippen LogP contribution in [0.3, 0.4) is 0 Å². The molecule has 3 aliphatic heterocycles. The summed E-state index contributed by atoms with van der Waals surface area (Å²) in [5.41, 5.74) is 0. The number of carbonyl (C=O) groups is 3. The van der Waals surface area contributed by atoms with Crippen LogP contribution in [-0.2, 0) is 14.4 Å². The van der Waals surface area contributed by atoms with Crippen LogP contribution in [0.5, 0.6) is 0 Å². The van der Waals surface area contributed by atoms with E-state index in [4.69, 9.17) is 0 Å². The second kappa shape index (κ2) is 8.84. The number of unbranched alkanes of at least 4 members (excludes halogenated alkanes) is 2. The van der Waals surface area contributed by atoms with Crippen LogP contribution in [0.2, 0.25) is 0 Å². The van der Waals surface area contributed by atoms with Gasteiger partial charge in [0.15, 0.2) is 0 Å². The van der Waals surface area contributed by atoms with Crippen molar-refractivity contribution in [2.45, 2.75) is 74.8 Å². The molecule has 29 heavy (non-hydrogen) atoms. The van der Waals surface area contributed by atoms with Crippen LogP contribution in [0.4, 0.5) is 0 Å². The van der Waals surface area contributed by atoms with Crippen LogP contribution in [0.25, 0.3) is 0 Å². The van der Waals surface area contributed by atoms with Crippen molar-refractivity contribution in [3.63, 3.8) is 0 Å². The second-order valence-electron chi connectivity index (χ2n) is 8.77. The van der Waals surface area contributed by atoms with Gasteiger partial charge in [0.1, 0.15) is 6.04 Å². The molecule has 3 amide bonds. The van der Waals surface area contributed by atoms with Gasteiger partial charge in [-0.05, 0) is 32.6 Å². The third-order valence-electron chi connectivity index (χ3n) is 6.78.